The van der Waals surface area contributed by atoms with E-state index in [0.717, 1.165) is 0 Å². The van der Waals surface area contributed by atoms with Crippen molar-refractivity contribution in [3.63, 3.8) is 0 Å². The zero-order valence-electron chi connectivity index (χ0n) is 7.79. The van der Waals surface area contributed by atoms with Crippen LogP contribution < -0.4 is 5.73 Å². The van der Waals surface area contributed by atoms with Gasteiger partial charge in [0.25, 0.3) is 10.1 Å². The van der Waals surface area contributed by atoms with E-state index in [1.807, 2.05) is 0 Å². The number of benzene rings is 1. The van der Waals surface area contributed by atoms with E-state index in [2.05, 4.69) is 0 Å². The minimum Gasteiger partial charge on any atom is -0.326 e. The summed E-state index contributed by atoms with van der Waals surface area (Å²) in [5.74, 6) is 0. The Bertz CT molecular complexity index is 386. The van der Waals surface area contributed by atoms with E-state index < -0.39 is 21.4 Å². The molecule has 0 aromatic heterocycles. The van der Waals surface area contributed by atoms with Crippen molar-refractivity contribution in [3.8, 4) is 0 Å². The molecule has 0 heterocycles. The fourth-order valence-electron chi connectivity index (χ4n) is 1.39. The van der Waals surface area contributed by atoms with E-state index in [1.165, 1.54) is 0 Å². The normalized spacial score (nSPS) is 16.2. The van der Waals surface area contributed by atoms with E-state index in [-0.39, 0.29) is 0 Å². The van der Waals surface area contributed by atoms with Crippen molar-refractivity contribution in [2.45, 2.75) is 18.2 Å². The molecule has 0 aliphatic heterocycles. The smallest absolute Gasteiger partial charge is 0.273 e. The monoisotopic (exact) mass is 215 g/mol. The average Bonchev–Trinajstić information content (AvgIpc) is 2.02. The molecule has 0 radical (unpaired) electrons. The standard InChI is InChI=1S/C9H13NO3S/c1-7(10)9(14(11,12)13)8-5-3-2-4-6-8/h2-7,9H,10H2,1H3,(H,11,12,13)/t7-,9-/m0/s1. The third-order valence-corrected chi connectivity index (χ3v) is 3.27. The zero-order chi connectivity index (χ0) is 10.8. The summed E-state index contributed by atoms with van der Waals surface area (Å²) >= 11 is 0. The lowest BCUT2D eigenvalue weighted by Gasteiger charge is -2.17. The van der Waals surface area contributed by atoms with Gasteiger partial charge in [0.15, 0.2) is 0 Å². The summed E-state index contributed by atoms with van der Waals surface area (Å²) < 4.78 is 31.1. The van der Waals surface area contributed by atoms with Gasteiger partial charge in [-0.1, -0.05) is 30.3 Å². The van der Waals surface area contributed by atoms with Gasteiger partial charge in [0.05, 0.1) is 0 Å². The minimum atomic E-state index is -4.14. The topological polar surface area (TPSA) is 80.4 Å². The largest absolute Gasteiger partial charge is 0.326 e. The van der Waals surface area contributed by atoms with E-state index >= 15 is 0 Å². The first kappa shape index (κ1) is 11.2. The predicted molar refractivity (Wildman–Crippen MR) is 54.4 cm³/mol. The fourth-order valence-corrected chi connectivity index (χ4v) is 2.43. The Hall–Kier alpha value is -0.910. The molecule has 0 spiro atoms. The van der Waals surface area contributed by atoms with Crippen LogP contribution in [0.1, 0.15) is 17.7 Å². The lowest BCUT2D eigenvalue weighted by molar-refractivity contribution is 0.458. The van der Waals surface area contributed by atoms with Gasteiger partial charge in [0, 0.05) is 6.04 Å². The van der Waals surface area contributed by atoms with E-state index in [0.29, 0.717) is 5.56 Å². The van der Waals surface area contributed by atoms with Crippen LogP contribution in [0.5, 0.6) is 0 Å². The van der Waals surface area contributed by atoms with E-state index in [9.17, 15) is 8.42 Å². The second kappa shape index (κ2) is 4.08. The van der Waals surface area contributed by atoms with Crippen molar-refractivity contribution in [2.24, 2.45) is 5.73 Å². The van der Waals surface area contributed by atoms with Crippen molar-refractivity contribution in [1.82, 2.24) is 0 Å². The number of hydrogen-bond donors (Lipinski definition) is 2. The van der Waals surface area contributed by atoms with Crippen LogP contribution in [0, 0.1) is 0 Å². The lowest BCUT2D eigenvalue weighted by atomic mass is 10.1. The summed E-state index contributed by atoms with van der Waals surface area (Å²) in [5, 5.41) is -1.05. The quantitative estimate of drug-likeness (QED) is 0.736. The van der Waals surface area contributed by atoms with Crippen LogP contribution >= 0.6 is 0 Å². The first-order valence-electron chi connectivity index (χ1n) is 4.19. The minimum absolute atomic E-state index is 0.505. The first-order chi connectivity index (χ1) is 6.43. The zero-order valence-corrected chi connectivity index (χ0v) is 8.61. The van der Waals surface area contributed by atoms with Crippen LogP contribution in [-0.2, 0) is 10.1 Å². The highest BCUT2D eigenvalue weighted by Gasteiger charge is 2.28. The summed E-state index contributed by atoms with van der Waals surface area (Å²) in [4.78, 5) is 0. The second-order valence-electron chi connectivity index (χ2n) is 3.21. The molecule has 0 saturated heterocycles. The highest BCUT2D eigenvalue weighted by molar-refractivity contribution is 7.86. The molecule has 4 nitrogen and oxygen atoms in total. The number of rotatable bonds is 3. The summed E-state index contributed by atoms with van der Waals surface area (Å²) in [6, 6.07) is 7.79. The van der Waals surface area contributed by atoms with Crippen LogP contribution in [0.4, 0.5) is 0 Å². The molecule has 0 unspecified atom stereocenters. The van der Waals surface area contributed by atoms with Gasteiger partial charge >= 0.3 is 0 Å². The Balaban J connectivity index is 3.15. The molecule has 0 amide bonds. The third-order valence-electron chi connectivity index (χ3n) is 1.93. The molecular formula is C9H13NO3S. The molecular weight excluding hydrogens is 202 g/mol. The average molecular weight is 215 g/mol. The molecule has 0 aliphatic carbocycles. The van der Waals surface area contributed by atoms with Gasteiger partial charge in [-0.05, 0) is 12.5 Å². The molecule has 14 heavy (non-hydrogen) atoms. The highest BCUT2D eigenvalue weighted by atomic mass is 32.2. The predicted octanol–water partition coefficient (Wildman–Crippen LogP) is 0.963. The molecule has 0 bridgehead atoms. The molecule has 2 atom stereocenters. The number of nitrogens with two attached hydrogens (primary N) is 1. The molecule has 78 valence electrons. The maximum absolute atomic E-state index is 11.0. The van der Waals surface area contributed by atoms with E-state index in [1.54, 1.807) is 37.3 Å². The van der Waals surface area contributed by atoms with Gasteiger partial charge < -0.3 is 5.73 Å². The van der Waals surface area contributed by atoms with Gasteiger partial charge in [-0.2, -0.15) is 8.42 Å². The molecule has 0 aliphatic rings. The van der Waals surface area contributed by atoms with Gasteiger partial charge in [0.2, 0.25) is 0 Å². The Morgan fingerprint density at radius 2 is 1.79 bits per heavy atom. The Morgan fingerprint density at radius 3 is 2.14 bits per heavy atom. The summed E-state index contributed by atoms with van der Waals surface area (Å²) in [6.45, 7) is 1.55. The number of hydrogen-bond acceptors (Lipinski definition) is 3. The molecule has 1 rings (SSSR count). The van der Waals surface area contributed by atoms with Crippen LogP contribution in [0.3, 0.4) is 0 Å². The second-order valence-corrected chi connectivity index (χ2v) is 4.74. The molecule has 0 fully saturated rings. The molecule has 1 aromatic carbocycles. The summed E-state index contributed by atoms with van der Waals surface area (Å²) in [7, 11) is -4.14. The highest BCUT2D eigenvalue weighted by Crippen LogP contribution is 2.23. The molecule has 1 aromatic rings. The maximum Gasteiger partial charge on any atom is 0.273 e. The van der Waals surface area contributed by atoms with Crippen LogP contribution in [0.15, 0.2) is 30.3 Å². The van der Waals surface area contributed by atoms with Crippen molar-refractivity contribution < 1.29 is 13.0 Å². The van der Waals surface area contributed by atoms with Crippen molar-refractivity contribution in [3.05, 3.63) is 35.9 Å². The molecule has 5 heteroatoms. The first-order valence-corrected chi connectivity index (χ1v) is 5.70. The Kier molecular flexibility index (Phi) is 3.25. The van der Waals surface area contributed by atoms with Crippen LogP contribution in [-0.4, -0.2) is 19.0 Å². The van der Waals surface area contributed by atoms with Gasteiger partial charge in [-0.3, -0.25) is 4.55 Å². The van der Waals surface area contributed by atoms with Gasteiger partial charge in [0.1, 0.15) is 5.25 Å². The lowest BCUT2D eigenvalue weighted by Crippen LogP contribution is -2.30. The van der Waals surface area contributed by atoms with Crippen molar-refractivity contribution >= 4 is 10.1 Å². The fraction of sp³-hybridized carbons (Fsp3) is 0.333. The van der Waals surface area contributed by atoms with Crippen molar-refractivity contribution in [1.29, 1.82) is 0 Å². The molecule has 0 saturated carbocycles. The van der Waals surface area contributed by atoms with Gasteiger partial charge in [-0.25, -0.2) is 0 Å². The molecule has 3 N–H and O–H groups in total. The van der Waals surface area contributed by atoms with Crippen molar-refractivity contribution in [2.75, 3.05) is 0 Å². The maximum atomic E-state index is 11.0. The SMILES string of the molecule is C[C@H](N)[C@@H](c1ccccc1)S(=O)(=O)O. The third kappa shape index (κ3) is 2.54. The summed E-state index contributed by atoms with van der Waals surface area (Å²) in [6.07, 6.45) is 0. The van der Waals surface area contributed by atoms with Crippen LogP contribution in [0.25, 0.3) is 0 Å². The summed E-state index contributed by atoms with van der Waals surface area (Å²) in [5.41, 5.74) is 6.02. The van der Waals surface area contributed by atoms with E-state index in [4.69, 9.17) is 10.3 Å². The Morgan fingerprint density at radius 1 is 1.29 bits per heavy atom. The van der Waals surface area contributed by atoms with Crippen LogP contribution in [0.2, 0.25) is 0 Å². The van der Waals surface area contributed by atoms with Gasteiger partial charge in [-0.15, -0.1) is 0 Å². The Labute approximate surface area is 83.5 Å².